The molecule has 0 amide bonds. The third-order valence-electron chi connectivity index (χ3n) is 4.34. The molecule has 0 radical (unpaired) electrons. The van der Waals surface area contributed by atoms with Crippen molar-refractivity contribution < 1.29 is 14.6 Å². The van der Waals surface area contributed by atoms with Crippen molar-refractivity contribution in [2.24, 2.45) is 0 Å². The van der Waals surface area contributed by atoms with Gasteiger partial charge in [0.15, 0.2) is 6.10 Å². The smallest absolute Gasteiger partial charge is 0.339 e. The summed E-state index contributed by atoms with van der Waals surface area (Å²) < 4.78 is 5.60. The number of carbonyl (C=O) groups excluding carboxylic acids is 1. The van der Waals surface area contributed by atoms with Crippen LogP contribution in [0.2, 0.25) is 0 Å². The topological polar surface area (TPSA) is 58.6 Å². The Morgan fingerprint density at radius 1 is 1.14 bits per heavy atom. The molecule has 2 aliphatic carbocycles. The number of esters is 1. The molecule has 0 spiro atoms. The molecule has 1 aromatic rings. The van der Waals surface area contributed by atoms with Crippen LogP contribution in [0.15, 0.2) is 30.3 Å². The van der Waals surface area contributed by atoms with Crippen molar-refractivity contribution in [2.45, 2.75) is 62.8 Å². The van der Waals surface area contributed by atoms with Gasteiger partial charge in [-0.15, -0.1) is 0 Å². The Bertz CT molecular complexity index is 472. The van der Waals surface area contributed by atoms with Gasteiger partial charge in [0.2, 0.25) is 0 Å². The first-order chi connectivity index (χ1) is 10.2. The molecule has 0 saturated heterocycles. The molecule has 2 aliphatic rings. The summed E-state index contributed by atoms with van der Waals surface area (Å²) in [7, 11) is 0. The van der Waals surface area contributed by atoms with Gasteiger partial charge in [0.05, 0.1) is 0 Å². The van der Waals surface area contributed by atoms with E-state index in [-0.39, 0.29) is 12.1 Å². The molecular weight excluding hydrogens is 266 g/mol. The van der Waals surface area contributed by atoms with Crippen LogP contribution in [0.4, 0.5) is 0 Å². The van der Waals surface area contributed by atoms with Gasteiger partial charge in [0.25, 0.3) is 0 Å². The average Bonchev–Trinajstić information content (AvgIpc) is 3.33. The molecule has 114 valence electrons. The van der Waals surface area contributed by atoms with E-state index in [1.807, 2.05) is 18.2 Å². The van der Waals surface area contributed by atoms with Crippen LogP contribution < -0.4 is 5.32 Å². The lowest BCUT2D eigenvalue weighted by Crippen LogP contribution is -2.45. The summed E-state index contributed by atoms with van der Waals surface area (Å²) in [4.78, 5) is 12.2. The zero-order valence-corrected chi connectivity index (χ0v) is 12.2. The Labute approximate surface area is 125 Å². The number of nitrogens with one attached hydrogen (secondary N) is 1. The second kappa shape index (κ2) is 6.58. The highest BCUT2D eigenvalue weighted by atomic mass is 16.6. The van der Waals surface area contributed by atoms with Crippen molar-refractivity contribution in [3.8, 4) is 0 Å². The maximum Gasteiger partial charge on any atom is 0.339 e. The van der Waals surface area contributed by atoms with Gasteiger partial charge in [-0.2, -0.15) is 0 Å². The molecule has 0 aromatic heterocycles. The first-order valence-electron chi connectivity index (χ1n) is 7.93. The minimum atomic E-state index is -1.19. The van der Waals surface area contributed by atoms with E-state index in [9.17, 15) is 9.90 Å². The fourth-order valence-corrected chi connectivity index (χ4v) is 2.97. The standard InChI is InChI=1S/C17H23NO3/c19-16(12-6-2-1-3-7-12)17(20)21-15-9-5-4-8-14(15)18-13-10-11-13/h1-3,6-7,13-16,18-19H,4-5,8-11H2/t14-,15-,16-/m1/s1. The van der Waals surface area contributed by atoms with E-state index in [1.54, 1.807) is 12.1 Å². The molecule has 21 heavy (non-hydrogen) atoms. The normalized spacial score (nSPS) is 27.1. The predicted molar refractivity (Wildman–Crippen MR) is 79.7 cm³/mol. The maximum absolute atomic E-state index is 12.2. The van der Waals surface area contributed by atoms with Gasteiger partial charge in [-0.3, -0.25) is 0 Å². The van der Waals surface area contributed by atoms with Crippen molar-refractivity contribution >= 4 is 5.97 Å². The summed E-state index contributed by atoms with van der Waals surface area (Å²) in [5.41, 5.74) is 0.588. The number of aliphatic hydroxyl groups is 1. The highest BCUT2D eigenvalue weighted by molar-refractivity contribution is 5.76. The summed E-state index contributed by atoms with van der Waals surface area (Å²) >= 11 is 0. The highest BCUT2D eigenvalue weighted by Gasteiger charge is 2.34. The Balaban J connectivity index is 1.59. The second-order valence-electron chi connectivity index (χ2n) is 6.12. The molecule has 2 saturated carbocycles. The molecule has 0 aliphatic heterocycles. The van der Waals surface area contributed by atoms with Crippen molar-refractivity contribution in [1.82, 2.24) is 5.32 Å². The Morgan fingerprint density at radius 2 is 1.86 bits per heavy atom. The minimum absolute atomic E-state index is 0.106. The quantitative estimate of drug-likeness (QED) is 0.817. The van der Waals surface area contributed by atoms with Crippen LogP contribution in [-0.2, 0) is 9.53 Å². The Hall–Kier alpha value is -1.39. The number of rotatable bonds is 5. The number of benzene rings is 1. The van der Waals surface area contributed by atoms with Crippen molar-refractivity contribution in [3.63, 3.8) is 0 Å². The van der Waals surface area contributed by atoms with Crippen LogP contribution in [0, 0.1) is 0 Å². The van der Waals surface area contributed by atoms with Crippen molar-refractivity contribution in [2.75, 3.05) is 0 Å². The average molecular weight is 289 g/mol. The Kier molecular flexibility index (Phi) is 4.56. The summed E-state index contributed by atoms with van der Waals surface area (Å²) in [6, 6.07) is 9.82. The zero-order chi connectivity index (χ0) is 14.7. The molecular formula is C17H23NO3. The lowest BCUT2D eigenvalue weighted by molar-refractivity contribution is -0.162. The molecule has 1 aromatic carbocycles. The number of hydrogen-bond acceptors (Lipinski definition) is 4. The monoisotopic (exact) mass is 289 g/mol. The minimum Gasteiger partial charge on any atom is -0.459 e. The van der Waals surface area contributed by atoms with Crippen LogP contribution in [0.3, 0.4) is 0 Å². The van der Waals surface area contributed by atoms with Crippen molar-refractivity contribution in [3.05, 3.63) is 35.9 Å². The predicted octanol–water partition coefficient (Wildman–Crippen LogP) is 2.33. The van der Waals surface area contributed by atoms with E-state index in [0.717, 1.165) is 19.3 Å². The lowest BCUT2D eigenvalue weighted by Gasteiger charge is -2.32. The number of carbonyl (C=O) groups is 1. The SMILES string of the molecule is O=C(O[C@@H]1CCCC[C@H]1NC1CC1)[C@H](O)c1ccccc1. The number of aliphatic hydroxyl groups excluding tert-OH is 1. The number of hydrogen-bond donors (Lipinski definition) is 2. The maximum atomic E-state index is 12.2. The molecule has 4 nitrogen and oxygen atoms in total. The van der Waals surface area contributed by atoms with Crippen LogP contribution >= 0.6 is 0 Å². The molecule has 3 rings (SSSR count). The van der Waals surface area contributed by atoms with E-state index in [0.29, 0.717) is 11.6 Å². The molecule has 0 unspecified atom stereocenters. The van der Waals surface area contributed by atoms with Crippen LogP contribution in [-0.4, -0.2) is 29.3 Å². The Morgan fingerprint density at radius 3 is 2.57 bits per heavy atom. The highest BCUT2D eigenvalue weighted by Crippen LogP contribution is 2.27. The molecule has 0 heterocycles. The molecule has 0 bridgehead atoms. The van der Waals surface area contributed by atoms with Gasteiger partial charge in [-0.25, -0.2) is 4.79 Å². The first kappa shape index (κ1) is 14.5. The molecule has 2 N–H and O–H groups in total. The van der Waals surface area contributed by atoms with E-state index >= 15 is 0 Å². The van der Waals surface area contributed by atoms with Gasteiger partial charge in [-0.05, 0) is 37.7 Å². The van der Waals surface area contributed by atoms with Gasteiger partial charge in [0, 0.05) is 12.1 Å². The van der Waals surface area contributed by atoms with Gasteiger partial charge >= 0.3 is 5.97 Å². The third-order valence-corrected chi connectivity index (χ3v) is 4.34. The van der Waals surface area contributed by atoms with Gasteiger partial charge in [0.1, 0.15) is 6.10 Å². The van der Waals surface area contributed by atoms with E-state index in [2.05, 4.69) is 5.32 Å². The summed E-state index contributed by atoms with van der Waals surface area (Å²) in [5.74, 6) is -0.532. The van der Waals surface area contributed by atoms with Crippen molar-refractivity contribution in [1.29, 1.82) is 0 Å². The molecule has 2 fully saturated rings. The zero-order valence-electron chi connectivity index (χ0n) is 12.2. The van der Waals surface area contributed by atoms with E-state index in [1.165, 1.54) is 19.3 Å². The lowest BCUT2D eigenvalue weighted by atomic mass is 9.92. The molecule has 3 atom stereocenters. The van der Waals surface area contributed by atoms with E-state index in [4.69, 9.17) is 4.74 Å². The van der Waals surface area contributed by atoms with Crippen LogP contribution in [0.25, 0.3) is 0 Å². The summed E-state index contributed by atoms with van der Waals surface area (Å²) in [6.07, 6.45) is 5.36. The van der Waals surface area contributed by atoms with Crippen LogP contribution in [0.1, 0.15) is 50.2 Å². The largest absolute Gasteiger partial charge is 0.459 e. The number of ether oxygens (including phenoxy) is 1. The summed E-state index contributed by atoms with van der Waals surface area (Å²) in [5, 5.41) is 13.7. The fourth-order valence-electron chi connectivity index (χ4n) is 2.97. The van der Waals surface area contributed by atoms with Gasteiger partial charge in [-0.1, -0.05) is 36.8 Å². The summed E-state index contributed by atoms with van der Waals surface area (Å²) in [6.45, 7) is 0. The molecule has 4 heteroatoms. The first-order valence-corrected chi connectivity index (χ1v) is 7.93. The van der Waals surface area contributed by atoms with Gasteiger partial charge < -0.3 is 15.2 Å². The van der Waals surface area contributed by atoms with Crippen LogP contribution in [0.5, 0.6) is 0 Å². The third kappa shape index (κ3) is 3.83. The fraction of sp³-hybridized carbons (Fsp3) is 0.588. The van der Waals surface area contributed by atoms with E-state index < -0.39 is 12.1 Å². The second-order valence-corrected chi connectivity index (χ2v) is 6.12.